The zero-order valence-electron chi connectivity index (χ0n) is 22.4. The third-order valence-electron chi connectivity index (χ3n) is 6.61. The highest BCUT2D eigenvalue weighted by molar-refractivity contribution is 7.91. The highest BCUT2D eigenvalue weighted by Crippen LogP contribution is 2.31. The number of nitrogens with zero attached hydrogens (tertiary/aromatic N) is 6. The third kappa shape index (κ3) is 5.89. The largest absolute Gasteiger partial charge is 0.453 e. The molecular formula is C26H30N8O4S2. The van der Waals surface area contributed by atoms with Crippen LogP contribution in [0.25, 0.3) is 22.0 Å². The Morgan fingerprint density at radius 2 is 1.95 bits per heavy atom. The summed E-state index contributed by atoms with van der Waals surface area (Å²) >= 11 is 0.925. The summed E-state index contributed by atoms with van der Waals surface area (Å²) in [6, 6.07) is 9.98. The van der Waals surface area contributed by atoms with Gasteiger partial charge in [-0.1, -0.05) is 29.5 Å². The lowest BCUT2D eigenvalue weighted by molar-refractivity contribution is 0.184. The van der Waals surface area contributed by atoms with Gasteiger partial charge in [-0.25, -0.2) is 28.2 Å². The molecule has 40 heavy (non-hydrogen) atoms. The Morgan fingerprint density at radius 3 is 2.67 bits per heavy atom. The molecule has 0 bridgehead atoms. The van der Waals surface area contributed by atoms with E-state index in [0.29, 0.717) is 38.4 Å². The first-order valence-electron chi connectivity index (χ1n) is 12.7. The van der Waals surface area contributed by atoms with Gasteiger partial charge >= 0.3 is 6.09 Å². The van der Waals surface area contributed by atoms with Crippen LogP contribution in [-0.4, -0.2) is 89.5 Å². The maximum Gasteiger partial charge on any atom is 0.413 e. The molecule has 4 aromatic rings. The fourth-order valence-corrected chi connectivity index (χ4v) is 7.66. The van der Waals surface area contributed by atoms with Crippen molar-refractivity contribution >= 4 is 49.3 Å². The minimum absolute atomic E-state index is 0.0546. The van der Waals surface area contributed by atoms with Gasteiger partial charge in [0.1, 0.15) is 12.1 Å². The van der Waals surface area contributed by atoms with Crippen molar-refractivity contribution in [2.45, 2.75) is 24.1 Å². The number of piperazine rings is 1. The van der Waals surface area contributed by atoms with Crippen molar-refractivity contribution in [2.75, 3.05) is 50.5 Å². The van der Waals surface area contributed by atoms with Crippen LogP contribution >= 0.6 is 11.3 Å². The summed E-state index contributed by atoms with van der Waals surface area (Å²) in [5.41, 5.74) is 3.18. The average molecular weight is 583 g/mol. The first-order chi connectivity index (χ1) is 19.3. The Hall–Kier alpha value is -3.72. The highest BCUT2D eigenvalue weighted by Gasteiger charge is 2.32. The molecule has 1 amide bonds. The molecule has 1 aromatic carbocycles. The number of pyridine rings is 1. The number of rotatable bonds is 8. The Bertz CT molecular complexity index is 1610. The second-order valence-corrected chi connectivity index (χ2v) is 12.6. The topological polar surface area (TPSA) is 143 Å². The summed E-state index contributed by atoms with van der Waals surface area (Å²) in [5.74, 6) is 0.751. The van der Waals surface area contributed by atoms with Gasteiger partial charge in [0.15, 0.2) is 9.34 Å². The first kappa shape index (κ1) is 27.8. The Kier molecular flexibility index (Phi) is 8.21. The maximum atomic E-state index is 13.3. The molecule has 2 N–H and O–H groups in total. The number of hydrogen-bond donors (Lipinski definition) is 2. The number of benzene rings is 1. The zero-order chi connectivity index (χ0) is 28.3. The van der Waals surface area contributed by atoms with Crippen LogP contribution in [0.5, 0.6) is 0 Å². The molecule has 0 radical (unpaired) electrons. The number of thiazole rings is 1. The second-order valence-electron chi connectivity index (χ2n) is 9.42. The summed E-state index contributed by atoms with van der Waals surface area (Å²) < 4.78 is 32.8. The van der Waals surface area contributed by atoms with Crippen LogP contribution in [-0.2, 0) is 14.8 Å². The van der Waals surface area contributed by atoms with Crippen LogP contribution in [0.2, 0.25) is 0 Å². The highest BCUT2D eigenvalue weighted by atomic mass is 32.2. The van der Waals surface area contributed by atoms with E-state index in [1.807, 2.05) is 36.5 Å². The number of methoxy groups -OCH3 is 1. The number of carbonyl (C=O) groups excluding carboxylic acids is 1. The number of amides is 1. The fraction of sp³-hybridized carbons (Fsp3) is 0.346. The smallest absolute Gasteiger partial charge is 0.413 e. The van der Waals surface area contributed by atoms with Crippen molar-refractivity contribution < 1.29 is 17.9 Å². The molecule has 1 unspecified atom stereocenters. The van der Waals surface area contributed by atoms with E-state index in [4.69, 9.17) is 0 Å². The van der Waals surface area contributed by atoms with Gasteiger partial charge in [0, 0.05) is 67.7 Å². The normalized spacial score (nSPS) is 15.6. The number of aromatic nitrogens is 4. The van der Waals surface area contributed by atoms with E-state index in [0.717, 1.165) is 39.2 Å². The molecule has 1 aliphatic rings. The summed E-state index contributed by atoms with van der Waals surface area (Å²) in [7, 11) is -2.50. The summed E-state index contributed by atoms with van der Waals surface area (Å²) in [6.45, 7) is 6.31. The number of para-hydroxylation sites is 1. The monoisotopic (exact) mass is 582 g/mol. The molecule has 5 rings (SSSR count). The SMILES string of the molecule is COC(=O)Nc1nc(C)c(S(=O)(=O)N2CCN(CC(C)Nc3ncnc4c(-c5cccnc5)cccc34)CC2)s1. The Morgan fingerprint density at radius 1 is 1.15 bits per heavy atom. The minimum atomic E-state index is -3.73. The predicted molar refractivity (Wildman–Crippen MR) is 154 cm³/mol. The zero-order valence-corrected chi connectivity index (χ0v) is 24.0. The van der Waals surface area contributed by atoms with Gasteiger partial charge in [-0.05, 0) is 26.0 Å². The van der Waals surface area contributed by atoms with E-state index in [1.165, 1.54) is 11.4 Å². The van der Waals surface area contributed by atoms with Crippen molar-refractivity contribution in [3.05, 3.63) is 54.7 Å². The van der Waals surface area contributed by atoms with E-state index in [9.17, 15) is 13.2 Å². The van der Waals surface area contributed by atoms with Gasteiger partial charge in [-0.3, -0.25) is 15.2 Å². The number of aryl methyl sites for hydroxylation is 1. The number of ether oxygens (including phenoxy) is 1. The van der Waals surface area contributed by atoms with Crippen LogP contribution in [0.4, 0.5) is 15.7 Å². The molecular weight excluding hydrogens is 552 g/mol. The number of anilines is 2. The molecule has 0 aliphatic carbocycles. The molecule has 1 fully saturated rings. The summed E-state index contributed by atoms with van der Waals surface area (Å²) in [4.78, 5) is 31.2. The lowest BCUT2D eigenvalue weighted by atomic mass is 10.0. The Labute approximate surface area is 236 Å². The van der Waals surface area contributed by atoms with Crippen molar-refractivity contribution in [2.24, 2.45) is 0 Å². The molecule has 4 heterocycles. The molecule has 3 aromatic heterocycles. The van der Waals surface area contributed by atoms with Gasteiger partial charge < -0.3 is 10.1 Å². The molecule has 1 atom stereocenters. The number of carbonyl (C=O) groups is 1. The van der Waals surface area contributed by atoms with Gasteiger partial charge in [0.2, 0.25) is 0 Å². The second kappa shape index (κ2) is 11.8. The Balaban J connectivity index is 1.22. The van der Waals surface area contributed by atoms with Gasteiger partial charge in [0.05, 0.1) is 18.3 Å². The fourth-order valence-electron chi connectivity index (χ4n) is 4.71. The number of nitrogens with one attached hydrogen (secondary N) is 2. The van der Waals surface area contributed by atoms with E-state index in [-0.39, 0.29) is 15.4 Å². The van der Waals surface area contributed by atoms with Gasteiger partial charge in [-0.2, -0.15) is 4.31 Å². The van der Waals surface area contributed by atoms with Crippen molar-refractivity contribution in [3.8, 4) is 11.1 Å². The van der Waals surface area contributed by atoms with Crippen LogP contribution in [0, 0.1) is 6.92 Å². The molecule has 0 spiro atoms. The lowest BCUT2D eigenvalue weighted by Gasteiger charge is -2.35. The molecule has 1 aliphatic heterocycles. The minimum Gasteiger partial charge on any atom is -0.453 e. The van der Waals surface area contributed by atoms with E-state index < -0.39 is 16.1 Å². The lowest BCUT2D eigenvalue weighted by Crippen LogP contribution is -2.50. The van der Waals surface area contributed by atoms with Gasteiger partial charge in [-0.15, -0.1) is 0 Å². The van der Waals surface area contributed by atoms with E-state index in [1.54, 1.807) is 19.4 Å². The number of hydrogen-bond acceptors (Lipinski definition) is 11. The third-order valence-corrected chi connectivity index (χ3v) is 10.2. The van der Waals surface area contributed by atoms with Crippen LogP contribution in [0.3, 0.4) is 0 Å². The van der Waals surface area contributed by atoms with Crippen molar-refractivity contribution in [1.82, 2.24) is 29.1 Å². The number of sulfonamides is 1. The molecule has 14 heteroatoms. The first-order valence-corrected chi connectivity index (χ1v) is 15.0. The molecule has 1 saturated heterocycles. The molecule has 210 valence electrons. The standard InChI is InChI=1S/C26H30N8O4S2/c1-17(30-23-21-8-4-7-20(22(21)28-16-29-23)19-6-5-9-27-14-19)15-33-10-12-34(13-11-33)40(36,37)24-18(2)31-25(39-24)32-26(35)38-3/h4-9,14,16-17H,10-13,15H2,1-3H3,(H,28,29,30)(H,31,32,35). The van der Waals surface area contributed by atoms with E-state index >= 15 is 0 Å². The van der Waals surface area contributed by atoms with Crippen LogP contribution in [0.1, 0.15) is 12.6 Å². The molecule has 12 nitrogen and oxygen atoms in total. The van der Waals surface area contributed by atoms with Crippen molar-refractivity contribution in [1.29, 1.82) is 0 Å². The van der Waals surface area contributed by atoms with E-state index in [2.05, 4.69) is 47.1 Å². The number of fused-ring (bicyclic) bond motifs is 1. The van der Waals surface area contributed by atoms with Crippen molar-refractivity contribution in [3.63, 3.8) is 0 Å². The summed E-state index contributed by atoms with van der Waals surface area (Å²) in [6.07, 6.45) is 4.43. The van der Waals surface area contributed by atoms with Crippen LogP contribution in [0.15, 0.2) is 53.3 Å². The average Bonchev–Trinajstić information content (AvgIpc) is 3.34. The quantitative estimate of drug-likeness (QED) is 0.317. The maximum absolute atomic E-state index is 13.3. The molecule has 0 saturated carbocycles. The van der Waals surface area contributed by atoms with Crippen LogP contribution < -0.4 is 10.6 Å². The summed E-state index contributed by atoms with van der Waals surface area (Å²) in [5, 5.41) is 7.06. The van der Waals surface area contributed by atoms with Gasteiger partial charge in [0.25, 0.3) is 10.0 Å². The predicted octanol–water partition coefficient (Wildman–Crippen LogP) is 3.44.